The van der Waals surface area contributed by atoms with Gasteiger partial charge in [0.15, 0.2) is 0 Å². The van der Waals surface area contributed by atoms with E-state index in [-0.39, 0.29) is 11.6 Å². The fourth-order valence-electron chi connectivity index (χ4n) is 1.50. The van der Waals surface area contributed by atoms with Gasteiger partial charge in [0.25, 0.3) is 0 Å². The molecule has 0 heterocycles. The van der Waals surface area contributed by atoms with Crippen molar-refractivity contribution in [2.75, 3.05) is 5.32 Å². The van der Waals surface area contributed by atoms with Gasteiger partial charge in [-0.3, -0.25) is 0 Å². The molecular formula is C13H9Br2F2N. The summed E-state index contributed by atoms with van der Waals surface area (Å²) in [6.45, 7) is 0.344. The third kappa shape index (κ3) is 3.29. The van der Waals surface area contributed by atoms with Crippen molar-refractivity contribution in [2.45, 2.75) is 6.54 Å². The number of hydrogen-bond acceptors (Lipinski definition) is 1. The van der Waals surface area contributed by atoms with Crippen molar-refractivity contribution in [3.05, 3.63) is 62.5 Å². The SMILES string of the molecule is Fc1ccc(Br)c(CNc2ccc(Br)cc2F)c1. The molecule has 0 atom stereocenters. The molecule has 18 heavy (non-hydrogen) atoms. The van der Waals surface area contributed by atoms with Crippen LogP contribution in [0.3, 0.4) is 0 Å². The Bertz CT molecular complexity index is 573. The first-order valence-electron chi connectivity index (χ1n) is 5.19. The Morgan fingerprint density at radius 3 is 2.50 bits per heavy atom. The van der Waals surface area contributed by atoms with Crippen LogP contribution in [0.1, 0.15) is 5.56 Å². The lowest BCUT2D eigenvalue weighted by molar-refractivity contribution is 0.624. The molecule has 94 valence electrons. The maximum absolute atomic E-state index is 13.6. The van der Waals surface area contributed by atoms with Gasteiger partial charge in [-0.1, -0.05) is 31.9 Å². The van der Waals surface area contributed by atoms with Crippen LogP contribution in [0.15, 0.2) is 45.3 Å². The van der Waals surface area contributed by atoms with E-state index in [0.29, 0.717) is 16.7 Å². The maximum atomic E-state index is 13.6. The molecular weight excluding hydrogens is 368 g/mol. The van der Waals surface area contributed by atoms with Crippen LogP contribution in [0.2, 0.25) is 0 Å². The molecule has 0 aliphatic carbocycles. The van der Waals surface area contributed by atoms with Crippen LogP contribution < -0.4 is 5.32 Å². The highest BCUT2D eigenvalue weighted by molar-refractivity contribution is 9.10. The van der Waals surface area contributed by atoms with Crippen molar-refractivity contribution < 1.29 is 8.78 Å². The lowest BCUT2D eigenvalue weighted by Gasteiger charge is -2.09. The Morgan fingerprint density at radius 2 is 1.78 bits per heavy atom. The van der Waals surface area contributed by atoms with Gasteiger partial charge in [-0.15, -0.1) is 0 Å². The Labute approximate surface area is 120 Å². The predicted molar refractivity (Wildman–Crippen MR) is 75.5 cm³/mol. The molecule has 2 rings (SSSR count). The van der Waals surface area contributed by atoms with E-state index < -0.39 is 0 Å². The van der Waals surface area contributed by atoms with E-state index in [9.17, 15) is 8.78 Å². The molecule has 0 aliphatic heterocycles. The summed E-state index contributed by atoms with van der Waals surface area (Å²) in [5.41, 5.74) is 1.12. The smallest absolute Gasteiger partial charge is 0.147 e. The van der Waals surface area contributed by atoms with E-state index in [2.05, 4.69) is 37.2 Å². The molecule has 0 bridgehead atoms. The number of anilines is 1. The summed E-state index contributed by atoms with van der Waals surface area (Å²) in [6, 6.07) is 9.16. The average molecular weight is 377 g/mol. The fourth-order valence-corrected chi connectivity index (χ4v) is 2.22. The summed E-state index contributed by atoms with van der Waals surface area (Å²) in [5.74, 6) is -0.664. The zero-order valence-corrected chi connectivity index (χ0v) is 12.4. The number of rotatable bonds is 3. The lowest BCUT2D eigenvalue weighted by atomic mass is 10.2. The topological polar surface area (TPSA) is 12.0 Å². The van der Waals surface area contributed by atoms with E-state index in [4.69, 9.17) is 0 Å². The molecule has 5 heteroatoms. The van der Waals surface area contributed by atoms with Gasteiger partial charge < -0.3 is 5.32 Å². The molecule has 0 aliphatic rings. The van der Waals surface area contributed by atoms with Gasteiger partial charge in [0.1, 0.15) is 11.6 Å². The highest BCUT2D eigenvalue weighted by Gasteiger charge is 2.05. The standard InChI is InChI=1S/C13H9Br2F2N/c14-9-1-4-13(12(17)6-9)18-7-8-5-10(16)2-3-11(8)15/h1-6,18H,7H2. The molecule has 0 amide bonds. The molecule has 1 N–H and O–H groups in total. The minimum absolute atomic E-state index is 0.314. The van der Waals surface area contributed by atoms with Gasteiger partial charge in [0.05, 0.1) is 5.69 Å². The van der Waals surface area contributed by atoms with Crippen LogP contribution in [0.4, 0.5) is 14.5 Å². The van der Waals surface area contributed by atoms with Crippen molar-refractivity contribution in [1.82, 2.24) is 0 Å². The fraction of sp³-hybridized carbons (Fsp3) is 0.0769. The molecule has 0 saturated carbocycles. The predicted octanol–water partition coefficient (Wildman–Crippen LogP) is 5.10. The van der Waals surface area contributed by atoms with E-state index in [1.165, 1.54) is 18.2 Å². The third-order valence-electron chi connectivity index (χ3n) is 2.41. The molecule has 0 saturated heterocycles. The van der Waals surface area contributed by atoms with Crippen LogP contribution in [0.5, 0.6) is 0 Å². The minimum Gasteiger partial charge on any atom is -0.379 e. The molecule has 0 spiro atoms. The van der Waals surface area contributed by atoms with Crippen molar-refractivity contribution >= 4 is 37.5 Å². The maximum Gasteiger partial charge on any atom is 0.147 e. The van der Waals surface area contributed by atoms with Crippen molar-refractivity contribution in [3.8, 4) is 0 Å². The first-order chi connectivity index (χ1) is 8.56. The van der Waals surface area contributed by atoms with Gasteiger partial charge in [-0.25, -0.2) is 8.78 Å². The molecule has 0 unspecified atom stereocenters. The Kier molecular flexibility index (Phi) is 4.35. The second kappa shape index (κ2) is 5.80. The van der Waals surface area contributed by atoms with Crippen molar-refractivity contribution in [1.29, 1.82) is 0 Å². The Balaban J connectivity index is 2.13. The number of nitrogens with one attached hydrogen (secondary N) is 1. The molecule has 1 nitrogen and oxygen atoms in total. The average Bonchev–Trinajstić information content (AvgIpc) is 2.32. The van der Waals surface area contributed by atoms with Crippen LogP contribution in [0.25, 0.3) is 0 Å². The first-order valence-corrected chi connectivity index (χ1v) is 6.78. The third-order valence-corrected chi connectivity index (χ3v) is 3.68. The first kappa shape index (κ1) is 13.5. The van der Waals surface area contributed by atoms with E-state index >= 15 is 0 Å². The Hall–Kier alpha value is -0.940. The summed E-state index contributed by atoms with van der Waals surface area (Å²) in [6.07, 6.45) is 0. The highest BCUT2D eigenvalue weighted by Crippen LogP contribution is 2.22. The lowest BCUT2D eigenvalue weighted by Crippen LogP contribution is -2.02. The van der Waals surface area contributed by atoms with Crippen LogP contribution >= 0.6 is 31.9 Å². The van der Waals surface area contributed by atoms with Gasteiger partial charge >= 0.3 is 0 Å². The number of halogens is 4. The molecule has 0 radical (unpaired) electrons. The molecule has 2 aromatic rings. The summed E-state index contributed by atoms with van der Waals surface area (Å²) in [7, 11) is 0. The normalized spacial score (nSPS) is 10.4. The summed E-state index contributed by atoms with van der Waals surface area (Å²) < 4.78 is 28.1. The van der Waals surface area contributed by atoms with Gasteiger partial charge in [-0.2, -0.15) is 0 Å². The van der Waals surface area contributed by atoms with Crippen molar-refractivity contribution in [2.24, 2.45) is 0 Å². The largest absolute Gasteiger partial charge is 0.379 e. The quantitative estimate of drug-likeness (QED) is 0.785. The van der Waals surface area contributed by atoms with Crippen LogP contribution in [0, 0.1) is 11.6 Å². The van der Waals surface area contributed by atoms with Crippen LogP contribution in [-0.2, 0) is 6.54 Å². The minimum atomic E-state index is -0.350. The second-order valence-corrected chi connectivity index (χ2v) is 5.48. The van der Waals surface area contributed by atoms with Gasteiger partial charge in [0.2, 0.25) is 0 Å². The van der Waals surface area contributed by atoms with Crippen molar-refractivity contribution in [3.63, 3.8) is 0 Å². The van der Waals surface area contributed by atoms with Gasteiger partial charge in [0, 0.05) is 15.5 Å². The Morgan fingerprint density at radius 1 is 1.00 bits per heavy atom. The van der Waals surface area contributed by atoms with Crippen LogP contribution in [-0.4, -0.2) is 0 Å². The zero-order valence-electron chi connectivity index (χ0n) is 9.18. The second-order valence-electron chi connectivity index (χ2n) is 3.71. The van der Waals surface area contributed by atoms with E-state index in [1.54, 1.807) is 18.2 Å². The summed E-state index contributed by atoms with van der Waals surface area (Å²) in [4.78, 5) is 0. The van der Waals surface area contributed by atoms with E-state index in [1.807, 2.05) is 0 Å². The molecule has 0 aromatic heterocycles. The van der Waals surface area contributed by atoms with Gasteiger partial charge in [-0.05, 0) is 42.0 Å². The summed E-state index contributed by atoms with van der Waals surface area (Å²) >= 11 is 6.51. The number of benzene rings is 2. The molecule has 0 fully saturated rings. The zero-order chi connectivity index (χ0) is 13.1. The monoisotopic (exact) mass is 375 g/mol. The summed E-state index contributed by atoms with van der Waals surface area (Å²) in [5, 5.41) is 2.93. The van der Waals surface area contributed by atoms with E-state index in [0.717, 1.165) is 10.0 Å². The highest BCUT2D eigenvalue weighted by atomic mass is 79.9. The number of hydrogen-bond donors (Lipinski definition) is 1. The molecule has 2 aromatic carbocycles.